The molecule has 6 rings (SSSR count). The Morgan fingerprint density at radius 3 is 2.29 bits per heavy atom. The van der Waals surface area contributed by atoms with E-state index in [2.05, 4.69) is 46.3 Å². The fraction of sp³-hybridized carbons (Fsp3) is 0.129. The Morgan fingerprint density at radius 2 is 1.66 bits per heavy atom. The first-order valence-electron chi connectivity index (χ1n) is 12.3. The van der Waals surface area contributed by atoms with Crippen molar-refractivity contribution in [2.24, 2.45) is 4.99 Å². The summed E-state index contributed by atoms with van der Waals surface area (Å²) in [5, 5.41) is 4.37. The quantitative estimate of drug-likeness (QED) is 0.197. The second-order valence-corrected chi connectivity index (χ2v) is 11.0. The highest BCUT2D eigenvalue weighted by Gasteiger charge is 2.33. The molecule has 0 N–H and O–H groups in total. The molecule has 5 aromatic rings. The minimum atomic E-state index is -0.634. The third kappa shape index (κ3) is 4.12. The van der Waals surface area contributed by atoms with E-state index >= 15 is 0 Å². The van der Waals surface area contributed by atoms with Gasteiger partial charge in [0.2, 0.25) is 0 Å². The van der Waals surface area contributed by atoms with Crippen LogP contribution >= 0.6 is 27.3 Å². The normalized spacial score (nSPS) is 15.6. The lowest BCUT2D eigenvalue weighted by Crippen LogP contribution is -2.39. The zero-order chi connectivity index (χ0) is 26.4. The zero-order valence-electron chi connectivity index (χ0n) is 20.8. The van der Waals surface area contributed by atoms with Gasteiger partial charge in [-0.15, -0.1) is 0 Å². The Hall–Kier alpha value is -3.81. The molecule has 0 fully saturated rings. The van der Waals surface area contributed by atoms with Crippen LogP contribution in [0.4, 0.5) is 0 Å². The fourth-order valence-corrected chi connectivity index (χ4v) is 6.38. The summed E-state index contributed by atoms with van der Waals surface area (Å²) >= 11 is 4.82. The number of esters is 1. The summed E-state index contributed by atoms with van der Waals surface area (Å²) in [5.41, 5.74) is 2.55. The molecule has 0 bridgehead atoms. The average Bonchev–Trinajstić information content (AvgIpc) is 3.22. The van der Waals surface area contributed by atoms with E-state index < -0.39 is 12.0 Å². The summed E-state index contributed by atoms with van der Waals surface area (Å²) in [6, 6.07) is 25.6. The SMILES string of the molecule is CCOC(=O)C1=C(C)N=c2sc(=Cc3c4ccccc4cc4ccccc34)c(=O)n2C1c1ccc(Br)cc1. The number of fused-ring (bicyclic) bond motifs is 3. The molecule has 188 valence electrons. The molecule has 1 aromatic heterocycles. The molecule has 0 spiro atoms. The summed E-state index contributed by atoms with van der Waals surface area (Å²) in [6.07, 6.45) is 1.97. The molecular formula is C31H23BrN2O3S. The van der Waals surface area contributed by atoms with Crippen molar-refractivity contribution in [3.8, 4) is 0 Å². The van der Waals surface area contributed by atoms with Gasteiger partial charge in [-0.25, -0.2) is 9.79 Å². The number of carbonyl (C=O) groups is 1. The van der Waals surface area contributed by atoms with Crippen LogP contribution in [0.5, 0.6) is 0 Å². The number of allylic oxidation sites excluding steroid dienone is 1. The van der Waals surface area contributed by atoms with Crippen LogP contribution in [0.25, 0.3) is 27.6 Å². The van der Waals surface area contributed by atoms with Crippen molar-refractivity contribution >= 4 is 60.9 Å². The van der Waals surface area contributed by atoms with Gasteiger partial charge < -0.3 is 4.74 Å². The number of rotatable bonds is 4. The average molecular weight is 584 g/mol. The lowest BCUT2D eigenvalue weighted by Gasteiger charge is -2.24. The van der Waals surface area contributed by atoms with Gasteiger partial charge in [0.1, 0.15) is 0 Å². The smallest absolute Gasteiger partial charge is 0.338 e. The summed E-state index contributed by atoms with van der Waals surface area (Å²) < 4.78 is 8.50. The number of thiazole rings is 1. The molecule has 0 radical (unpaired) electrons. The Kier molecular flexibility index (Phi) is 6.33. The molecule has 4 aromatic carbocycles. The summed E-state index contributed by atoms with van der Waals surface area (Å²) in [6.45, 7) is 3.81. The Bertz CT molecular complexity index is 1900. The van der Waals surface area contributed by atoms with Crippen LogP contribution in [-0.4, -0.2) is 17.1 Å². The standard InChI is InChI=1S/C31H23BrN2O3S/c1-3-37-30(36)27-18(2)33-31-34(28(27)19-12-14-22(32)15-13-19)29(35)26(38-31)17-25-23-10-6-4-8-20(23)16-21-9-5-7-11-24(21)25/h4-17,28H,3H2,1-2H3. The number of hydrogen-bond acceptors (Lipinski definition) is 5. The lowest BCUT2D eigenvalue weighted by atomic mass is 9.96. The maximum absolute atomic E-state index is 14.1. The number of carbonyl (C=O) groups excluding carboxylic acids is 1. The number of hydrogen-bond donors (Lipinski definition) is 0. The molecule has 5 nitrogen and oxygen atoms in total. The van der Waals surface area contributed by atoms with Gasteiger partial charge in [0.05, 0.1) is 28.5 Å². The fourth-order valence-electron chi connectivity index (χ4n) is 5.09. The monoisotopic (exact) mass is 582 g/mol. The van der Waals surface area contributed by atoms with Gasteiger partial charge in [-0.2, -0.15) is 0 Å². The topological polar surface area (TPSA) is 60.7 Å². The van der Waals surface area contributed by atoms with Crippen LogP contribution in [0.15, 0.2) is 104 Å². The van der Waals surface area contributed by atoms with Crippen molar-refractivity contribution in [1.29, 1.82) is 0 Å². The summed E-state index contributed by atoms with van der Waals surface area (Å²) in [4.78, 5) is 32.4. The second-order valence-electron chi connectivity index (χ2n) is 9.09. The Balaban J connectivity index is 1.64. The molecule has 1 atom stereocenters. The van der Waals surface area contributed by atoms with E-state index in [0.717, 1.165) is 37.1 Å². The molecular weight excluding hydrogens is 560 g/mol. The molecule has 0 aliphatic carbocycles. The van der Waals surface area contributed by atoms with Crippen molar-refractivity contribution < 1.29 is 9.53 Å². The Labute approximate surface area is 231 Å². The zero-order valence-corrected chi connectivity index (χ0v) is 23.2. The van der Waals surface area contributed by atoms with Gasteiger partial charge in [0.25, 0.3) is 5.56 Å². The van der Waals surface area contributed by atoms with Crippen LogP contribution in [-0.2, 0) is 9.53 Å². The van der Waals surface area contributed by atoms with Crippen molar-refractivity contribution in [3.63, 3.8) is 0 Å². The first-order chi connectivity index (χ1) is 18.5. The van der Waals surface area contributed by atoms with Crippen molar-refractivity contribution in [1.82, 2.24) is 4.57 Å². The van der Waals surface area contributed by atoms with Crippen molar-refractivity contribution in [2.45, 2.75) is 19.9 Å². The summed E-state index contributed by atoms with van der Waals surface area (Å²) in [5.74, 6) is -0.462. The predicted octanol–water partition coefficient (Wildman–Crippen LogP) is 5.87. The number of benzene rings is 4. The molecule has 0 saturated heterocycles. The molecule has 0 amide bonds. The third-order valence-corrected chi connectivity index (χ3v) is 8.30. The van der Waals surface area contributed by atoms with E-state index in [9.17, 15) is 9.59 Å². The van der Waals surface area contributed by atoms with Crippen LogP contribution in [0.3, 0.4) is 0 Å². The molecule has 38 heavy (non-hydrogen) atoms. The van der Waals surface area contributed by atoms with Gasteiger partial charge in [-0.3, -0.25) is 9.36 Å². The minimum absolute atomic E-state index is 0.187. The van der Waals surface area contributed by atoms with Gasteiger partial charge in [-0.05, 0) is 70.8 Å². The summed E-state index contributed by atoms with van der Waals surface area (Å²) in [7, 11) is 0. The maximum atomic E-state index is 14.1. The highest BCUT2D eigenvalue weighted by molar-refractivity contribution is 9.10. The first kappa shape index (κ1) is 24.5. The molecule has 1 unspecified atom stereocenters. The molecule has 2 heterocycles. The largest absolute Gasteiger partial charge is 0.463 e. The van der Waals surface area contributed by atoms with E-state index in [1.807, 2.05) is 54.6 Å². The van der Waals surface area contributed by atoms with Crippen LogP contribution in [0.1, 0.15) is 31.0 Å². The second kappa shape index (κ2) is 9.82. The van der Waals surface area contributed by atoms with Gasteiger partial charge in [0, 0.05) is 4.47 Å². The number of nitrogens with zero attached hydrogens (tertiary/aromatic N) is 2. The lowest BCUT2D eigenvalue weighted by molar-refractivity contribution is -0.139. The van der Waals surface area contributed by atoms with Gasteiger partial charge >= 0.3 is 5.97 Å². The third-order valence-electron chi connectivity index (χ3n) is 6.79. The number of aromatic nitrogens is 1. The van der Waals surface area contributed by atoms with Crippen LogP contribution < -0.4 is 14.9 Å². The molecule has 0 saturated carbocycles. The van der Waals surface area contributed by atoms with Crippen LogP contribution in [0.2, 0.25) is 0 Å². The number of halogens is 1. The minimum Gasteiger partial charge on any atom is -0.463 e. The molecule has 1 aliphatic heterocycles. The molecule has 7 heteroatoms. The van der Waals surface area contributed by atoms with E-state index in [1.54, 1.807) is 18.4 Å². The maximum Gasteiger partial charge on any atom is 0.338 e. The van der Waals surface area contributed by atoms with E-state index in [4.69, 9.17) is 9.73 Å². The highest BCUT2D eigenvalue weighted by Crippen LogP contribution is 2.32. The van der Waals surface area contributed by atoms with Gasteiger partial charge in [-0.1, -0.05) is 87.9 Å². The van der Waals surface area contributed by atoms with Crippen molar-refractivity contribution in [2.75, 3.05) is 6.61 Å². The van der Waals surface area contributed by atoms with E-state index in [1.165, 1.54) is 11.3 Å². The van der Waals surface area contributed by atoms with Crippen LogP contribution in [0, 0.1) is 0 Å². The highest BCUT2D eigenvalue weighted by atomic mass is 79.9. The van der Waals surface area contributed by atoms with E-state index in [-0.39, 0.29) is 12.2 Å². The van der Waals surface area contributed by atoms with E-state index in [0.29, 0.717) is 20.6 Å². The molecule has 1 aliphatic rings. The number of ether oxygens (including phenoxy) is 1. The van der Waals surface area contributed by atoms with Crippen molar-refractivity contribution in [3.05, 3.63) is 125 Å². The van der Waals surface area contributed by atoms with Gasteiger partial charge in [0.15, 0.2) is 4.80 Å². The Morgan fingerprint density at radius 1 is 1.03 bits per heavy atom. The predicted molar refractivity (Wildman–Crippen MR) is 156 cm³/mol. The first-order valence-corrected chi connectivity index (χ1v) is 13.9.